The molecule has 5 atom stereocenters. The third kappa shape index (κ3) is 72.5. The number of ether oxygens (including phenoxy) is 4. The van der Waals surface area contributed by atoms with Crippen LogP contribution in [0, 0.1) is 0 Å². The van der Waals surface area contributed by atoms with Crippen LogP contribution in [0.1, 0.15) is 259 Å². The van der Waals surface area contributed by atoms with Gasteiger partial charge in [-0.05, 0) is 161 Å². The molecule has 5 unspecified atom stereocenters. The molecule has 576 valence electrons. The minimum atomic E-state index is -5.01. The van der Waals surface area contributed by atoms with Gasteiger partial charge in [-0.25, -0.2) is 9.13 Å². The number of allylic oxidation sites excluding steroid dienone is 30. The number of esters is 4. The summed E-state index contributed by atoms with van der Waals surface area (Å²) >= 11 is 0. The topological polar surface area (TPSA) is 237 Å². The first-order valence-electron chi connectivity index (χ1n) is 38.0. The van der Waals surface area contributed by atoms with E-state index in [1.807, 2.05) is 18.2 Å². The van der Waals surface area contributed by atoms with Gasteiger partial charge in [0.15, 0.2) is 12.2 Å². The summed E-state index contributed by atoms with van der Waals surface area (Å²) in [5.41, 5.74) is 0. The van der Waals surface area contributed by atoms with Crippen LogP contribution in [0.25, 0.3) is 0 Å². The maximum Gasteiger partial charge on any atom is 0.472 e. The molecule has 0 aliphatic carbocycles. The number of hydrogen-bond donors (Lipinski definition) is 3. The van der Waals surface area contributed by atoms with E-state index >= 15 is 0 Å². The van der Waals surface area contributed by atoms with Crippen LogP contribution < -0.4 is 0 Å². The van der Waals surface area contributed by atoms with Crippen molar-refractivity contribution >= 4 is 39.5 Å². The molecule has 0 fully saturated rings. The maximum atomic E-state index is 13.1. The van der Waals surface area contributed by atoms with Gasteiger partial charge in [0.1, 0.15) is 19.3 Å². The summed E-state index contributed by atoms with van der Waals surface area (Å²) in [6.45, 7) is 4.27. The molecule has 3 N–H and O–H groups in total. The van der Waals surface area contributed by atoms with Crippen LogP contribution in [-0.4, -0.2) is 96.7 Å². The zero-order chi connectivity index (χ0) is 74.6. The Labute approximate surface area is 615 Å². The summed E-state index contributed by atoms with van der Waals surface area (Å²) in [4.78, 5) is 72.8. The Kier molecular flexibility index (Phi) is 69.3. The van der Waals surface area contributed by atoms with E-state index in [0.717, 1.165) is 161 Å². The number of unbranched alkanes of at least 4 members (excludes halogenated alkanes) is 13. The monoisotopic (exact) mass is 1460 g/mol. The van der Waals surface area contributed by atoms with E-state index in [1.165, 1.54) is 6.42 Å². The van der Waals surface area contributed by atoms with Crippen LogP contribution in [0.3, 0.4) is 0 Å². The first-order chi connectivity index (χ1) is 49.7. The number of phosphoric ester groups is 2. The molecule has 0 aromatic carbocycles. The lowest BCUT2D eigenvalue weighted by Crippen LogP contribution is -2.30. The summed E-state index contributed by atoms with van der Waals surface area (Å²) in [6, 6.07) is 0. The second-order valence-electron chi connectivity index (χ2n) is 24.4. The van der Waals surface area contributed by atoms with Crippen LogP contribution in [0.15, 0.2) is 182 Å². The van der Waals surface area contributed by atoms with Crippen molar-refractivity contribution < 1.29 is 80.2 Å². The Morgan fingerprint density at radius 3 is 0.873 bits per heavy atom. The molecule has 0 spiro atoms. The third-order valence-corrected chi connectivity index (χ3v) is 16.8. The van der Waals surface area contributed by atoms with E-state index in [1.54, 1.807) is 0 Å². The fourth-order valence-corrected chi connectivity index (χ4v) is 10.7. The quantitative estimate of drug-likeness (QED) is 0.0169. The predicted octanol–water partition coefficient (Wildman–Crippen LogP) is 22.0. The molecular formula is C83H132O17P2. The average molecular weight is 1460 g/mol. The number of phosphoric acid groups is 2. The van der Waals surface area contributed by atoms with Gasteiger partial charge in [-0.1, -0.05) is 255 Å². The van der Waals surface area contributed by atoms with Crippen LogP contribution >= 0.6 is 15.6 Å². The molecule has 0 saturated heterocycles. The van der Waals surface area contributed by atoms with Crippen molar-refractivity contribution in [3.05, 3.63) is 182 Å². The summed E-state index contributed by atoms with van der Waals surface area (Å²) in [7, 11) is -10.0. The first-order valence-corrected chi connectivity index (χ1v) is 41.0. The molecule has 17 nitrogen and oxygen atoms in total. The van der Waals surface area contributed by atoms with Gasteiger partial charge < -0.3 is 33.8 Å². The van der Waals surface area contributed by atoms with E-state index in [2.05, 4.69) is 192 Å². The largest absolute Gasteiger partial charge is 0.472 e. The molecule has 0 amide bonds. The molecule has 0 aliphatic rings. The molecule has 0 heterocycles. The first kappa shape index (κ1) is 96.2. The van der Waals surface area contributed by atoms with Crippen molar-refractivity contribution in [3.63, 3.8) is 0 Å². The van der Waals surface area contributed by atoms with Gasteiger partial charge >= 0.3 is 39.5 Å². The summed E-state index contributed by atoms with van der Waals surface area (Å²) in [6.07, 6.45) is 87.7. The molecular weight excluding hydrogens is 1330 g/mol. The van der Waals surface area contributed by atoms with Crippen molar-refractivity contribution in [2.24, 2.45) is 0 Å². The lowest BCUT2D eigenvalue weighted by molar-refractivity contribution is -0.161. The van der Waals surface area contributed by atoms with Crippen molar-refractivity contribution in [1.82, 2.24) is 0 Å². The molecule has 0 rings (SSSR count). The van der Waals surface area contributed by atoms with Gasteiger partial charge in [0.2, 0.25) is 0 Å². The van der Waals surface area contributed by atoms with E-state index in [9.17, 15) is 43.2 Å². The maximum absolute atomic E-state index is 13.1. The zero-order valence-electron chi connectivity index (χ0n) is 62.7. The molecule has 19 heteroatoms. The van der Waals surface area contributed by atoms with Gasteiger partial charge in [-0.2, -0.15) is 0 Å². The smallest absolute Gasteiger partial charge is 0.462 e. The number of aliphatic hydroxyl groups is 1. The number of rotatable bonds is 69. The van der Waals surface area contributed by atoms with Crippen molar-refractivity contribution in [1.29, 1.82) is 0 Å². The molecule has 0 aromatic rings. The summed E-state index contributed by atoms with van der Waals surface area (Å²) < 4.78 is 68.3. The van der Waals surface area contributed by atoms with Gasteiger partial charge in [-0.15, -0.1) is 0 Å². The van der Waals surface area contributed by atoms with Crippen LogP contribution in [-0.2, 0) is 65.4 Å². The van der Waals surface area contributed by atoms with E-state index in [-0.39, 0.29) is 25.7 Å². The van der Waals surface area contributed by atoms with Gasteiger partial charge in [0.05, 0.1) is 26.4 Å². The van der Waals surface area contributed by atoms with Crippen molar-refractivity contribution in [3.8, 4) is 0 Å². The highest BCUT2D eigenvalue weighted by Crippen LogP contribution is 2.45. The summed E-state index contributed by atoms with van der Waals surface area (Å²) in [5.74, 6) is -2.38. The normalized spacial score (nSPS) is 14.9. The highest BCUT2D eigenvalue weighted by atomic mass is 31.2. The molecule has 0 radical (unpaired) electrons. The SMILES string of the molecule is CC/C=C\C/C=C\C/C=C\C/C=C\C/C=C\C/C=C\CCC(=O)OCC(COP(=O)(O)OCC(O)COP(=O)(O)OCC(COC(=O)CCCCCC/C=C\C/C=C\C/C=C\C/C=C\CC)OC(=O)CCCC/C=C\C/C=C\C/C=C\C/C=C\CC)OC(=O)CCCCCCC/C=C\CCCC. The van der Waals surface area contributed by atoms with Crippen molar-refractivity contribution in [2.75, 3.05) is 39.6 Å². The average Bonchev–Trinajstić information content (AvgIpc) is 0.926. The zero-order valence-corrected chi connectivity index (χ0v) is 64.5. The minimum absolute atomic E-state index is 0.0270. The number of hydrogen-bond acceptors (Lipinski definition) is 15. The molecule has 102 heavy (non-hydrogen) atoms. The second kappa shape index (κ2) is 73.5. The number of carbonyl (C=O) groups is 4. The Morgan fingerprint density at radius 2 is 0.529 bits per heavy atom. The van der Waals surface area contributed by atoms with Crippen LogP contribution in [0.5, 0.6) is 0 Å². The highest BCUT2D eigenvalue weighted by molar-refractivity contribution is 7.47. The highest BCUT2D eigenvalue weighted by Gasteiger charge is 2.30. The Hall–Kier alpha value is -5.84. The number of aliphatic hydroxyl groups excluding tert-OH is 1. The standard InChI is InChI=1S/C83H132O17P2/c1-5-9-13-17-21-25-29-32-35-37-38-40-43-45-49-52-56-60-64-68-80(85)93-73-78(99-82(87)69-65-61-57-53-47-28-24-20-16-12-8-4)75-97-101(89,90)95-71-77(84)72-96-102(91,92)98-76-79(100-83(88)70-66-62-58-54-50-46-41-34-31-27-23-19-15-11-7-3)74-94-81(86)67-63-59-55-51-48-44-42-39-36-33-30-26-22-18-14-10-6-2/h9-11,13-15,20-27,32-36,38,40-42,44-45,49-50,54,56,60,77-79,84H,5-8,12,16-19,28-31,37,39,43,46-48,51-53,55,57-59,61-76H2,1-4H3,(H,89,90)(H,91,92)/b13-9-,14-10-,15-11-,24-20-,25-21-,26-22-,27-23-,35-32-,36-33-,40-38-,41-34-,44-42-,49-45-,54-50-,60-56-. The van der Waals surface area contributed by atoms with Crippen LogP contribution in [0.4, 0.5) is 0 Å². The lowest BCUT2D eigenvalue weighted by Gasteiger charge is -2.21. The summed E-state index contributed by atoms with van der Waals surface area (Å²) in [5, 5.41) is 10.6. The third-order valence-electron chi connectivity index (χ3n) is 14.9. The van der Waals surface area contributed by atoms with Gasteiger partial charge in [-0.3, -0.25) is 37.3 Å². The molecule has 0 aliphatic heterocycles. The van der Waals surface area contributed by atoms with Crippen molar-refractivity contribution in [2.45, 2.75) is 277 Å². The Balaban J connectivity index is 5.47. The molecule has 0 saturated carbocycles. The van der Waals surface area contributed by atoms with E-state index in [4.69, 9.17) is 37.0 Å². The van der Waals surface area contributed by atoms with Crippen LogP contribution in [0.2, 0.25) is 0 Å². The van der Waals surface area contributed by atoms with Gasteiger partial charge in [0.25, 0.3) is 0 Å². The number of carbonyl (C=O) groups excluding carboxylic acids is 4. The minimum Gasteiger partial charge on any atom is -0.462 e. The Morgan fingerprint density at radius 1 is 0.284 bits per heavy atom. The van der Waals surface area contributed by atoms with E-state index < -0.39 is 97.5 Å². The second-order valence-corrected chi connectivity index (χ2v) is 27.3. The van der Waals surface area contributed by atoms with E-state index in [0.29, 0.717) is 38.5 Å². The lowest BCUT2D eigenvalue weighted by atomic mass is 10.1. The molecule has 0 aromatic heterocycles. The Bertz CT molecular complexity index is 2650. The predicted molar refractivity (Wildman–Crippen MR) is 417 cm³/mol. The fourth-order valence-electron chi connectivity index (χ4n) is 9.15. The molecule has 0 bridgehead atoms. The van der Waals surface area contributed by atoms with Gasteiger partial charge in [0, 0.05) is 25.7 Å². The fraction of sp³-hybridized carbons (Fsp3) is 0.590.